The molecule has 0 saturated carbocycles. The molecule has 0 radical (unpaired) electrons. The normalized spacial score (nSPS) is 13.7. The Morgan fingerprint density at radius 1 is 0.755 bits per heavy atom. The number of hydrogen-bond donors (Lipinski definition) is 11. The van der Waals surface area contributed by atoms with Crippen molar-refractivity contribution in [2.45, 2.75) is 22.0 Å². The van der Waals surface area contributed by atoms with E-state index in [4.69, 9.17) is 25.1 Å². The summed E-state index contributed by atoms with van der Waals surface area (Å²) in [5.41, 5.74) is 4.41. The number of fused-ring (bicyclic) bond motifs is 1. The Bertz CT molecular complexity index is 2130. The van der Waals surface area contributed by atoms with E-state index in [9.17, 15) is 57.0 Å². The highest BCUT2D eigenvalue weighted by Crippen LogP contribution is 2.55. The van der Waals surface area contributed by atoms with E-state index in [1.165, 1.54) is 30.3 Å². The van der Waals surface area contributed by atoms with Crippen molar-refractivity contribution in [3.8, 4) is 23.0 Å². The van der Waals surface area contributed by atoms with Crippen LogP contribution in [0, 0.1) is 0 Å². The van der Waals surface area contributed by atoms with Crippen LogP contribution in [0.25, 0.3) is 10.8 Å². The number of benzene rings is 4. The first-order chi connectivity index (χ1) is 24.9. The molecule has 0 amide bonds. The van der Waals surface area contributed by atoms with Crippen molar-refractivity contribution in [3.05, 3.63) is 54.6 Å². The van der Waals surface area contributed by atoms with E-state index < -0.39 is 99.1 Å². The molecule has 0 saturated heterocycles. The van der Waals surface area contributed by atoms with Crippen molar-refractivity contribution in [1.29, 1.82) is 0 Å². The molecule has 0 aliphatic heterocycles. The van der Waals surface area contributed by atoms with Gasteiger partial charge >= 0.3 is 5.97 Å². The second-order valence-electron chi connectivity index (χ2n) is 10.8. The van der Waals surface area contributed by atoms with Crippen molar-refractivity contribution in [2.75, 3.05) is 38.8 Å². The number of anilines is 1. The number of azo groups is 2. The molecule has 4 aromatic carbocycles. The second kappa shape index (κ2) is 17.1. The zero-order valence-corrected chi connectivity index (χ0v) is 28.6. The van der Waals surface area contributed by atoms with Crippen LogP contribution in [0.5, 0.6) is 23.0 Å². The number of hydrogen-bond acceptors (Lipinski definition) is 19. The minimum atomic E-state index is -4.86. The standard InChI is InChI=1S/C30H33N5O16S2/c31-21-7-20-15(5-26(21)52(43,44)45)6-27(53(46,47)48)29(30(20)42)35-34-23-9-24(50-12-17(38)10-36)22(8-25(23)51-13-18(39)11-37)33-32-16-1-3-19(4-2-16)49-14-28(40)41/h1-9,17-18,36-39,42,46-48H,10-14,31H2,(H,40,41)(H,43,44,45). The topological polar surface area (TPSA) is 357 Å². The summed E-state index contributed by atoms with van der Waals surface area (Å²) in [5, 5.41) is 74.1. The van der Waals surface area contributed by atoms with E-state index in [0.717, 1.165) is 24.3 Å². The lowest BCUT2D eigenvalue weighted by Crippen LogP contribution is -2.21. The number of aliphatic hydroxyl groups is 4. The summed E-state index contributed by atoms with van der Waals surface area (Å²) in [4.78, 5) is 9.15. The molecule has 2 unspecified atom stereocenters. The van der Waals surface area contributed by atoms with Gasteiger partial charge in [-0.3, -0.25) is 4.55 Å². The highest BCUT2D eigenvalue weighted by Gasteiger charge is 2.27. The molecular formula is C30H33N5O16S2. The minimum absolute atomic E-state index is 0.0855. The van der Waals surface area contributed by atoms with Gasteiger partial charge in [0.15, 0.2) is 12.4 Å². The van der Waals surface area contributed by atoms with Gasteiger partial charge in [-0.25, -0.2) is 4.79 Å². The van der Waals surface area contributed by atoms with Gasteiger partial charge in [0, 0.05) is 17.5 Å². The SMILES string of the molecule is Nc1cc2c(O)c(N=Nc3cc(OCC(O)CO)c(N=Nc4ccc(OCC(=O)O)cc4)cc3OCC(O)CO)c(S(O)(O)O)cc2cc1S(=O)(=O)O. The Labute approximate surface area is 300 Å². The van der Waals surface area contributed by atoms with Crippen LogP contribution in [-0.4, -0.2) is 108 Å². The summed E-state index contributed by atoms with van der Waals surface area (Å²) >= 11 is 0. The molecule has 4 rings (SSSR count). The third-order valence-electron chi connectivity index (χ3n) is 6.81. The highest BCUT2D eigenvalue weighted by atomic mass is 32.3. The van der Waals surface area contributed by atoms with Crippen molar-refractivity contribution < 1.29 is 76.3 Å². The molecule has 21 nitrogen and oxygen atoms in total. The van der Waals surface area contributed by atoms with Crippen LogP contribution < -0.4 is 19.9 Å². The minimum Gasteiger partial charge on any atom is -0.505 e. The molecular weight excluding hydrogens is 750 g/mol. The number of rotatable bonds is 17. The summed E-state index contributed by atoms with van der Waals surface area (Å²) in [7, 11) is -9.57. The molecule has 0 bridgehead atoms. The van der Waals surface area contributed by atoms with Crippen LogP contribution >= 0.6 is 10.9 Å². The Morgan fingerprint density at radius 2 is 1.28 bits per heavy atom. The average Bonchev–Trinajstić information content (AvgIpc) is 3.10. The molecule has 0 fully saturated rings. The van der Waals surface area contributed by atoms with E-state index >= 15 is 0 Å². The van der Waals surface area contributed by atoms with Crippen LogP contribution in [0.3, 0.4) is 0 Å². The zero-order chi connectivity index (χ0) is 39.1. The first-order valence-electron chi connectivity index (χ1n) is 14.8. The van der Waals surface area contributed by atoms with Gasteiger partial charge in [0.2, 0.25) is 0 Å². The maximum atomic E-state index is 11.8. The lowest BCUT2D eigenvalue weighted by Gasteiger charge is -2.22. The van der Waals surface area contributed by atoms with Gasteiger partial charge in [0.25, 0.3) is 10.1 Å². The van der Waals surface area contributed by atoms with Gasteiger partial charge in [0.1, 0.15) is 75.5 Å². The third-order valence-corrected chi connectivity index (χ3v) is 8.62. The number of phenolic OH excluding ortho intramolecular Hbond substituents is 1. The molecule has 0 aliphatic carbocycles. The molecule has 286 valence electrons. The molecule has 0 aliphatic rings. The number of nitrogens with two attached hydrogens (primary N) is 1. The van der Waals surface area contributed by atoms with Crippen molar-refractivity contribution >= 4 is 66.2 Å². The Hall–Kier alpha value is -5.21. The van der Waals surface area contributed by atoms with Crippen molar-refractivity contribution in [1.82, 2.24) is 0 Å². The Balaban J connectivity index is 1.86. The molecule has 12 N–H and O–H groups in total. The molecule has 2 atom stereocenters. The molecule has 4 aromatic rings. The summed E-state index contributed by atoms with van der Waals surface area (Å²) < 4.78 is 80.0. The smallest absolute Gasteiger partial charge is 0.341 e. The van der Waals surface area contributed by atoms with Crippen LogP contribution in [0.2, 0.25) is 0 Å². The molecule has 0 heterocycles. The summed E-state index contributed by atoms with van der Waals surface area (Å²) in [5.74, 6) is -2.19. The molecule has 0 spiro atoms. The lowest BCUT2D eigenvalue weighted by molar-refractivity contribution is -0.139. The van der Waals surface area contributed by atoms with Crippen LogP contribution in [0.4, 0.5) is 28.4 Å². The van der Waals surface area contributed by atoms with Crippen molar-refractivity contribution in [3.63, 3.8) is 0 Å². The van der Waals surface area contributed by atoms with Crippen LogP contribution in [-0.2, 0) is 14.9 Å². The number of ether oxygens (including phenoxy) is 3. The fourth-order valence-corrected chi connectivity index (χ4v) is 5.61. The van der Waals surface area contributed by atoms with Gasteiger partial charge in [-0.1, -0.05) is 0 Å². The average molecular weight is 784 g/mol. The van der Waals surface area contributed by atoms with E-state index in [1.807, 2.05) is 0 Å². The molecule has 23 heteroatoms. The predicted octanol–water partition coefficient (Wildman–Crippen LogP) is 3.71. The molecule has 0 aromatic heterocycles. The number of aliphatic hydroxyl groups excluding tert-OH is 4. The number of aliphatic carboxylic acids is 1. The van der Waals surface area contributed by atoms with Gasteiger partial charge in [-0.2, -0.15) is 13.5 Å². The fraction of sp³-hybridized carbons (Fsp3) is 0.233. The molecule has 53 heavy (non-hydrogen) atoms. The van der Waals surface area contributed by atoms with Gasteiger partial charge in [0.05, 0.1) is 29.5 Å². The Kier molecular flexibility index (Phi) is 13.1. The van der Waals surface area contributed by atoms with Gasteiger partial charge < -0.3 is 64.2 Å². The zero-order valence-electron chi connectivity index (χ0n) is 27.0. The van der Waals surface area contributed by atoms with E-state index in [0.29, 0.717) is 0 Å². The largest absolute Gasteiger partial charge is 0.505 e. The number of carboxylic acid groups (broad SMARTS) is 1. The van der Waals surface area contributed by atoms with Crippen molar-refractivity contribution in [2.24, 2.45) is 20.5 Å². The monoisotopic (exact) mass is 783 g/mol. The highest BCUT2D eigenvalue weighted by molar-refractivity contribution is 8.19. The fourth-order valence-electron chi connectivity index (χ4n) is 4.29. The Morgan fingerprint density at radius 3 is 1.77 bits per heavy atom. The predicted molar refractivity (Wildman–Crippen MR) is 185 cm³/mol. The van der Waals surface area contributed by atoms with E-state index in [2.05, 4.69) is 20.5 Å². The maximum Gasteiger partial charge on any atom is 0.341 e. The van der Waals surface area contributed by atoms with E-state index in [1.54, 1.807) is 0 Å². The van der Waals surface area contributed by atoms with E-state index in [-0.39, 0.29) is 45.1 Å². The number of nitrogen functional groups attached to an aromatic ring is 1. The first kappa shape index (κ1) is 40.6. The number of aromatic hydroxyl groups is 1. The van der Waals surface area contributed by atoms with Crippen LogP contribution in [0.15, 0.2) is 84.8 Å². The second-order valence-corrected chi connectivity index (χ2v) is 13.7. The number of carboxylic acids is 1. The number of carbonyl (C=O) groups is 1. The summed E-state index contributed by atoms with van der Waals surface area (Å²) in [6, 6.07) is 10.7. The first-order valence-corrected chi connectivity index (χ1v) is 17.7. The quantitative estimate of drug-likeness (QED) is 0.0413. The summed E-state index contributed by atoms with van der Waals surface area (Å²) in [6.07, 6.45) is -2.75. The van der Waals surface area contributed by atoms with Gasteiger partial charge in [-0.15, -0.1) is 15.3 Å². The maximum absolute atomic E-state index is 11.8. The number of nitrogens with zero attached hydrogens (tertiary/aromatic N) is 4. The lowest BCUT2D eigenvalue weighted by atomic mass is 10.1. The third kappa shape index (κ3) is 10.7. The number of phenols is 1. The van der Waals surface area contributed by atoms with Crippen LogP contribution in [0.1, 0.15) is 0 Å². The van der Waals surface area contributed by atoms with Gasteiger partial charge in [-0.05, 0) is 47.9 Å². The summed E-state index contributed by atoms with van der Waals surface area (Å²) in [6.45, 7) is -2.97.